The van der Waals surface area contributed by atoms with Crippen molar-refractivity contribution < 1.29 is 23.2 Å². The van der Waals surface area contributed by atoms with Crippen LogP contribution < -0.4 is 4.31 Å². The van der Waals surface area contributed by atoms with Gasteiger partial charge in [-0.15, -0.1) is 0 Å². The second-order valence-electron chi connectivity index (χ2n) is 7.19. The minimum Gasteiger partial charge on any atom is -0.390 e. The van der Waals surface area contributed by atoms with E-state index in [1.165, 1.54) is 12.1 Å². The lowest BCUT2D eigenvalue weighted by molar-refractivity contribution is -0.384. The van der Waals surface area contributed by atoms with E-state index < -0.39 is 21.1 Å². The van der Waals surface area contributed by atoms with Gasteiger partial charge in [0.05, 0.1) is 41.4 Å². The molecule has 1 aliphatic heterocycles. The first kappa shape index (κ1) is 22.2. The zero-order valence-electron chi connectivity index (χ0n) is 16.7. The third-order valence-corrected chi connectivity index (χ3v) is 6.71. The van der Waals surface area contributed by atoms with E-state index in [0.717, 1.165) is 22.0 Å². The molecule has 0 bridgehead atoms. The maximum Gasteiger partial charge on any atom is 0.269 e. The van der Waals surface area contributed by atoms with E-state index in [1.54, 1.807) is 24.3 Å². The topological polar surface area (TPSA) is 113 Å². The molecule has 0 amide bonds. The van der Waals surface area contributed by atoms with Gasteiger partial charge in [0.25, 0.3) is 15.7 Å². The Morgan fingerprint density at radius 2 is 1.73 bits per heavy atom. The Hall–Kier alpha value is -2.53. The minimum atomic E-state index is -4.04. The number of nitro benzene ring substituents is 1. The highest BCUT2D eigenvalue weighted by Crippen LogP contribution is 2.26. The van der Waals surface area contributed by atoms with Crippen molar-refractivity contribution >= 4 is 21.4 Å². The van der Waals surface area contributed by atoms with Gasteiger partial charge in [-0.1, -0.05) is 17.7 Å². The molecule has 0 aliphatic carbocycles. The van der Waals surface area contributed by atoms with E-state index in [2.05, 4.69) is 0 Å². The third kappa shape index (κ3) is 5.33. The summed E-state index contributed by atoms with van der Waals surface area (Å²) in [5.41, 5.74) is 1.20. The molecule has 1 atom stereocenters. The first-order valence-electron chi connectivity index (χ1n) is 9.59. The second kappa shape index (κ2) is 9.52. The number of aliphatic hydroxyl groups excluding tert-OH is 1. The number of hydrogen-bond acceptors (Lipinski definition) is 7. The van der Waals surface area contributed by atoms with Crippen LogP contribution >= 0.6 is 0 Å². The highest BCUT2D eigenvalue weighted by molar-refractivity contribution is 7.92. The Morgan fingerprint density at radius 1 is 1.13 bits per heavy atom. The fourth-order valence-corrected chi connectivity index (χ4v) is 4.75. The largest absolute Gasteiger partial charge is 0.390 e. The van der Waals surface area contributed by atoms with Crippen LogP contribution in [0, 0.1) is 17.0 Å². The molecule has 9 nitrogen and oxygen atoms in total. The number of rotatable bonds is 8. The van der Waals surface area contributed by atoms with Crippen LogP contribution in [0.25, 0.3) is 0 Å². The zero-order chi connectivity index (χ0) is 21.7. The number of nitro groups is 1. The molecular weight excluding hydrogens is 410 g/mol. The lowest BCUT2D eigenvalue weighted by atomic mass is 10.2. The number of anilines is 1. The molecule has 0 radical (unpaired) electrons. The fourth-order valence-electron chi connectivity index (χ4n) is 3.25. The van der Waals surface area contributed by atoms with E-state index in [9.17, 15) is 23.6 Å². The van der Waals surface area contributed by atoms with Gasteiger partial charge >= 0.3 is 0 Å². The van der Waals surface area contributed by atoms with Crippen molar-refractivity contribution in [1.82, 2.24) is 4.90 Å². The van der Waals surface area contributed by atoms with Crippen molar-refractivity contribution in [2.75, 3.05) is 43.7 Å². The van der Waals surface area contributed by atoms with Crippen LogP contribution in [0.15, 0.2) is 53.4 Å². The average molecular weight is 436 g/mol. The summed E-state index contributed by atoms with van der Waals surface area (Å²) in [5, 5.41) is 21.5. The number of hydrogen-bond donors (Lipinski definition) is 1. The number of sulfonamides is 1. The number of aliphatic hydroxyl groups is 1. The fraction of sp³-hybridized carbons (Fsp3) is 0.400. The Morgan fingerprint density at radius 3 is 2.30 bits per heavy atom. The van der Waals surface area contributed by atoms with Gasteiger partial charge in [0.15, 0.2) is 0 Å². The number of benzene rings is 2. The molecule has 1 heterocycles. The second-order valence-corrected chi connectivity index (χ2v) is 9.05. The monoisotopic (exact) mass is 435 g/mol. The van der Waals surface area contributed by atoms with Crippen molar-refractivity contribution in [3.05, 3.63) is 64.2 Å². The zero-order valence-corrected chi connectivity index (χ0v) is 17.5. The summed E-state index contributed by atoms with van der Waals surface area (Å²) in [5.74, 6) is 0. The first-order valence-corrected chi connectivity index (χ1v) is 11.0. The maximum absolute atomic E-state index is 13.3. The van der Waals surface area contributed by atoms with E-state index in [0.29, 0.717) is 38.5 Å². The standard InChI is InChI=1S/C20H25N3O6S/c1-16-2-4-17(5-3-16)22(15-19(24)14-21-10-12-29-13-11-21)30(27,28)20-8-6-18(7-9-20)23(25)26/h2-9,19,24H,10-15H2,1H3/t19-/m0/s1. The van der Waals surface area contributed by atoms with Gasteiger partial charge in [0.1, 0.15) is 0 Å². The van der Waals surface area contributed by atoms with E-state index in [4.69, 9.17) is 4.74 Å². The van der Waals surface area contributed by atoms with Gasteiger partial charge in [0, 0.05) is 31.8 Å². The van der Waals surface area contributed by atoms with Gasteiger partial charge in [-0.05, 0) is 31.2 Å². The summed E-state index contributed by atoms with van der Waals surface area (Å²) in [6, 6.07) is 11.7. The van der Waals surface area contributed by atoms with E-state index in [1.807, 2.05) is 11.8 Å². The van der Waals surface area contributed by atoms with Crippen LogP contribution in [-0.4, -0.2) is 68.8 Å². The van der Waals surface area contributed by atoms with Crippen molar-refractivity contribution in [2.45, 2.75) is 17.9 Å². The molecule has 1 aliphatic rings. The Bertz CT molecular complexity index is 957. The van der Waals surface area contributed by atoms with Crippen LogP contribution in [0.5, 0.6) is 0 Å². The average Bonchev–Trinajstić information content (AvgIpc) is 2.73. The van der Waals surface area contributed by atoms with Crippen molar-refractivity contribution in [3.8, 4) is 0 Å². The molecular formula is C20H25N3O6S. The minimum absolute atomic E-state index is 0.0766. The predicted octanol–water partition coefficient (Wildman–Crippen LogP) is 1.79. The number of nitrogens with zero attached hydrogens (tertiary/aromatic N) is 3. The smallest absolute Gasteiger partial charge is 0.269 e. The molecule has 0 saturated carbocycles. The highest BCUT2D eigenvalue weighted by Gasteiger charge is 2.28. The molecule has 2 aromatic carbocycles. The first-order chi connectivity index (χ1) is 14.3. The summed E-state index contributed by atoms with van der Waals surface area (Å²) in [7, 11) is -4.04. The summed E-state index contributed by atoms with van der Waals surface area (Å²) in [6.07, 6.45) is -0.919. The SMILES string of the molecule is Cc1ccc(N(C[C@@H](O)CN2CCOCC2)S(=O)(=O)c2ccc([N+](=O)[O-])cc2)cc1. The quantitative estimate of drug-likeness (QED) is 0.497. The molecule has 0 unspecified atom stereocenters. The molecule has 3 rings (SSSR count). The number of β-amino-alcohol motifs (C(OH)–C–C–N with tert-alkyl or cyclic N) is 1. The molecule has 30 heavy (non-hydrogen) atoms. The summed E-state index contributed by atoms with van der Waals surface area (Å²) < 4.78 is 33.1. The lowest BCUT2D eigenvalue weighted by Gasteiger charge is -2.31. The Labute approximate surface area is 175 Å². The maximum atomic E-state index is 13.3. The molecule has 0 spiro atoms. The number of ether oxygens (including phenoxy) is 1. The van der Waals surface area contributed by atoms with Gasteiger partial charge in [-0.2, -0.15) is 0 Å². The highest BCUT2D eigenvalue weighted by atomic mass is 32.2. The van der Waals surface area contributed by atoms with Gasteiger partial charge in [0.2, 0.25) is 0 Å². The molecule has 162 valence electrons. The Kier molecular flexibility index (Phi) is 7.03. The van der Waals surface area contributed by atoms with Crippen LogP contribution in [0.4, 0.5) is 11.4 Å². The predicted molar refractivity (Wildman–Crippen MR) is 112 cm³/mol. The summed E-state index contributed by atoms with van der Waals surface area (Å²) in [4.78, 5) is 12.3. The third-order valence-electron chi connectivity index (χ3n) is 4.91. The van der Waals surface area contributed by atoms with Crippen molar-refractivity contribution in [2.24, 2.45) is 0 Å². The van der Waals surface area contributed by atoms with Crippen molar-refractivity contribution in [1.29, 1.82) is 0 Å². The van der Waals surface area contributed by atoms with Crippen LogP contribution in [0.3, 0.4) is 0 Å². The summed E-state index contributed by atoms with van der Waals surface area (Å²) >= 11 is 0. The van der Waals surface area contributed by atoms with E-state index >= 15 is 0 Å². The van der Waals surface area contributed by atoms with Crippen LogP contribution in [0.1, 0.15) is 5.56 Å². The number of morpholine rings is 1. The van der Waals surface area contributed by atoms with Crippen LogP contribution in [0.2, 0.25) is 0 Å². The number of non-ortho nitro benzene ring substituents is 1. The Balaban J connectivity index is 1.87. The molecule has 10 heteroatoms. The lowest BCUT2D eigenvalue weighted by Crippen LogP contribution is -2.46. The van der Waals surface area contributed by atoms with Crippen molar-refractivity contribution in [3.63, 3.8) is 0 Å². The van der Waals surface area contributed by atoms with Gasteiger partial charge < -0.3 is 9.84 Å². The van der Waals surface area contributed by atoms with Crippen LogP contribution in [-0.2, 0) is 14.8 Å². The number of aryl methyl sites for hydroxylation is 1. The normalized spacial score (nSPS) is 16.2. The molecule has 1 saturated heterocycles. The molecule has 0 aromatic heterocycles. The summed E-state index contributed by atoms with van der Waals surface area (Å²) in [6.45, 7) is 4.59. The molecule has 1 fully saturated rings. The molecule has 2 aromatic rings. The molecule has 1 N–H and O–H groups in total. The van der Waals surface area contributed by atoms with Gasteiger partial charge in [-0.3, -0.25) is 19.3 Å². The van der Waals surface area contributed by atoms with Gasteiger partial charge in [-0.25, -0.2) is 8.42 Å². The van der Waals surface area contributed by atoms with E-state index in [-0.39, 0.29) is 17.1 Å².